The highest BCUT2D eigenvalue weighted by Gasteiger charge is 2.32. The number of anilines is 1. The third kappa shape index (κ3) is 3.30. The number of fused-ring (bicyclic) bond motifs is 1. The van der Waals surface area contributed by atoms with Crippen LogP contribution in [0.15, 0.2) is 24.5 Å². The van der Waals surface area contributed by atoms with E-state index in [-0.39, 0.29) is 6.03 Å². The molecule has 2 saturated carbocycles. The molecule has 0 radical (unpaired) electrons. The van der Waals surface area contributed by atoms with Gasteiger partial charge in [0.2, 0.25) is 0 Å². The standard InChI is InChI=1S/C16H23N3O/c20-16(19-15-6-3-9-17-11-15)18-14-8-7-12-4-1-2-5-13(12)10-14/h3,6,9,11-14H,1-2,4-5,7-8,10H2,(H2,18,19,20)/t12-,13-,14-/m1/s1. The van der Waals surface area contributed by atoms with E-state index in [1.165, 1.54) is 32.1 Å². The molecule has 0 aliphatic heterocycles. The number of pyridine rings is 1. The van der Waals surface area contributed by atoms with Gasteiger partial charge in [-0.05, 0) is 43.2 Å². The molecule has 2 fully saturated rings. The second kappa shape index (κ2) is 6.25. The monoisotopic (exact) mass is 273 g/mol. The van der Waals surface area contributed by atoms with Gasteiger partial charge in [0.05, 0.1) is 11.9 Å². The van der Waals surface area contributed by atoms with E-state index < -0.39 is 0 Å². The van der Waals surface area contributed by atoms with Crippen molar-refractivity contribution in [1.29, 1.82) is 0 Å². The van der Waals surface area contributed by atoms with Crippen molar-refractivity contribution in [1.82, 2.24) is 10.3 Å². The van der Waals surface area contributed by atoms with E-state index in [1.54, 1.807) is 12.4 Å². The lowest BCUT2D eigenvalue weighted by Crippen LogP contribution is -2.43. The summed E-state index contributed by atoms with van der Waals surface area (Å²) in [6, 6.07) is 3.91. The van der Waals surface area contributed by atoms with E-state index in [4.69, 9.17) is 0 Å². The smallest absolute Gasteiger partial charge is 0.319 e. The lowest BCUT2D eigenvalue weighted by atomic mass is 9.69. The zero-order chi connectivity index (χ0) is 13.8. The van der Waals surface area contributed by atoms with Crippen LogP contribution in [-0.4, -0.2) is 17.1 Å². The topological polar surface area (TPSA) is 54.0 Å². The van der Waals surface area contributed by atoms with Gasteiger partial charge in [0.1, 0.15) is 0 Å². The fourth-order valence-electron chi connectivity index (χ4n) is 3.79. The molecule has 0 bridgehead atoms. The van der Waals surface area contributed by atoms with Crippen LogP contribution in [0, 0.1) is 11.8 Å². The van der Waals surface area contributed by atoms with Gasteiger partial charge in [-0.15, -0.1) is 0 Å². The number of hydrogen-bond acceptors (Lipinski definition) is 2. The quantitative estimate of drug-likeness (QED) is 0.865. The minimum absolute atomic E-state index is 0.0998. The summed E-state index contributed by atoms with van der Waals surface area (Å²) in [7, 11) is 0. The Morgan fingerprint density at radius 2 is 2.00 bits per heavy atom. The maximum absolute atomic E-state index is 12.0. The first-order valence-electron chi connectivity index (χ1n) is 7.79. The second-order valence-corrected chi connectivity index (χ2v) is 6.15. The summed E-state index contributed by atoms with van der Waals surface area (Å²) < 4.78 is 0. The van der Waals surface area contributed by atoms with Gasteiger partial charge in [0.25, 0.3) is 0 Å². The van der Waals surface area contributed by atoms with Crippen molar-refractivity contribution in [2.24, 2.45) is 11.8 Å². The van der Waals surface area contributed by atoms with E-state index >= 15 is 0 Å². The number of rotatable bonds is 2. The van der Waals surface area contributed by atoms with E-state index in [2.05, 4.69) is 15.6 Å². The SMILES string of the molecule is O=C(Nc1cccnc1)N[C@@H]1CC[C@H]2CCCC[C@@H]2C1. The van der Waals surface area contributed by atoms with Crippen LogP contribution in [0.4, 0.5) is 10.5 Å². The van der Waals surface area contributed by atoms with Crippen LogP contribution in [-0.2, 0) is 0 Å². The number of amides is 2. The Labute approximate surface area is 120 Å². The normalized spacial score (nSPS) is 29.3. The van der Waals surface area contributed by atoms with Gasteiger partial charge < -0.3 is 10.6 Å². The number of aromatic nitrogens is 1. The molecule has 3 atom stereocenters. The molecule has 1 aromatic heterocycles. The summed E-state index contributed by atoms with van der Waals surface area (Å²) in [4.78, 5) is 16.0. The Balaban J connectivity index is 1.49. The maximum Gasteiger partial charge on any atom is 0.319 e. The Kier molecular flexibility index (Phi) is 4.19. The number of carbonyl (C=O) groups is 1. The molecule has 1 heterocycles. The van der Waals surface area contributed by atoms with Crippen molar-refractivity contribution in [2.45, 2.75) is 51.0 Å². The fraction of sp³-hybridized carbons (Fsp3) is 0.625. The Hall–Kier alpha value is -1.58. The fourth-order valence-corrected chi connectivity index (χ4v) is 3.79. The highest BCUT2D eigenvalue weighted by Crippen LogP contribution is 2.40. The van der Waals surface area contributed by atoms with Crippen LogP contribution in [0.25, 0.3) is 0 Å². The molecule has 108 valence electrons. The second-order valence-electron chi connectivity index (χ2n) is 6.15. The van der Waals surface area contributed by atoms with Crippen molar-refractivity contribution in [3.8, 4) is 0 Å². The lowest BCUT2D eigenvalue weighted by Gasteiger charge is -2.39. The summed E-state index contributed by atoms with van der Waals surface area (Å²) in [5.41, 5.74) is 0.747. The average molecular weight is 273 g/mol. The zero-order valence-corrected chi connectivity index (χ0v) is 11.8. The Morgan fingerprint density at radius 3 is 2.80 bits per heavy atom. The summed E-state index contributed by atoms with van der Waals surface area (Å²) in [5, 5.41) is 5.97. The number of nitrogens with one attached hydrogen (secondary N) is 2. The van der Waals surface area contributed by atoms with Crippen molar-refractivity contribution in [3.05, 3.63) is 24.5 Å². The van der Waals surface area contributed by atoms with E-state index in [0.29, 0.717) is 6.04 Å². The first kappa shape index (κ1) is 13.4. The molecule has 4 nitrogen and oxygen atoms in total. The van der Waals surface area contributed by atoms with Crippen molar-refractivity contribution in [3.63, 3.8) is 0 Å². The molecule has 0 unspecified atom stereocenters. The van der Waals surface area contributed by atoms with E-state index in [9.17, 15) is 4.79 Å². The largest absolute Gasteiger partial charge is 0.335 e. The minimum Gasteiger partial charge on any atom is -0.335 e. The van der Waals surface area contributed by atoms with Gasteiger partial charge >= 0.3 is 6.03 Å². The molecular weight excluding hydrogens is 250 g/mol. The zero-order valence-electron chi connectivity index (χ0n) is 11.8. The molecule has 2 aliphatic carbocycles. The number of urea groups is 1. The van der Waals surface area contributed by atoms with Crippen LogP contribution in [0.3, 0.4) is 0 Å². The van der Waals surface area contributed by atoms with Gasteiger partial charge in [-0.1, -0.05) is 25.7 Å². The predicted molar refractivity (Wildman–Crippen MR) is 79.5 cm³/mol. The number of hydrogen-bond donors (Lipinski definition) is 2. The van der Waals surface area contributed by atoms with E-state index in [1.807, 2.05) is 12.1 Å². The Morgan fingerprint density at radius 1 is 1.15 bits per heavy atom. The number of carbonyl (C=O) groups excluding carboxylic acids is 1. The molecular formula is C16H23N3O. The molecule has 0 spiro atoms. The van der Waals surface area contributed by atoms with Crippen molar-refractivity contribution < 1.29 is 4.79 Å². The van der Waals surface area contributed by atoms with Gasteiger partial charge in [0.15, 0.2) is 0 Å². The third-order valence-corrected chi connectivity index (χ3v) is 4.79. The summed E-state index contributed by atoms with van der Waals surface area (Å²) in [5.74, 6) is 1.75. The predicted octanol–water partition coefficient (Wildman–Crippen LogP) is 3.56. The van der Waals surface area contributed by atoms with Crippen LogP contribution >= 0.6 is 0 Å². The molecule has 0 saturated heterocycles. The van der Waals surface area contributed by atoms with Crippen LogP contribution < -0.4 is 10.6 Å². The highest BCUT2D eigenvalue weighted by molar-refractivity contribution is 5.89. The maximum atomic E-state index is 12.0. The third-order valence-electron chi connectivity index (χ3n) is 4.79. The van der Waals surface area contributed by atoms with Gasteiger partial charge in [-0.2, -0.15) is 0 Å². The van der Waals surface area contributed by atoms with Crippen molar-refractivity contribution >= 4 is 11.7 Å². The lowest BCUT2D eigenvalue weighted by molar-refractivity contribution is 0.146. The van der Waals surface area contributed by atoms with Gasteiger partial charge in [-0.25, -0.2) is 4.79 Å². The van der Waals surface area contributed by atoms with Crippen LogP contribution in [0.1, 0.15) is 44.9 Å². The number of nitrogens with zero attached hydrogens (tertiary/aromatic N) is 1. The Bertz CT molecular complexity index is 448. The summed E-state index contributed by atoms with van der Waals surface area (Å²) >= 11 is 0. The first-order valence-corrected chi connectivity index (χ1v) is 7.79. The molecule has 2 aliphatic rings. The minimum atomic E-state index is -0.0998. The molecule has 4 heteroatoms. The van der Waals surface area contributed by atoms with Gasteiger partial charge in [-0.3, -0.25) is 4.98 Å². The molecule has 2 N–H and O–H groups in total. The van der Waals surface area contributed by atoms with Gasteiger partial charge in [0, 0.05) is 12.2 Å². The summed E-state index contributed by atoms with van der Waals surface area (Å²) in [6.07, 6.45) is 12.5. The van der Waals surface area contributed by atoms with Crippen LogP contribution in [0.5, 0.6) is 0 Å². The average Bonchev–Trinajstić information content (AvgIpc) is 2.48. The van der Waals surface area contributed by atoms with Crippen LogP contribution in [0.2, 0.25) is 0 Å². The molecule has 2 amide bonds. The first-order chi connectivity index (χ1) is 9.81. The van der Waals surface area contributed by atoms with E-state index in [0.717, 1.165) is 30.4 Å². The highest BCUT2D eigenvalue weighted by atomic mass is 16.2. The molecule has 3 rings (SSSR count). The van der Waals surface area contributed by atoms with Crippen molar-refractivity contribution in [2.75, 3.05) is 5.32 Å². The molecule has 0 aromatic carbocycles. The molecule has 20 heavy (non-hydrogen) atoms. The molecule has 1 aromatic rings. The summed E-state index contributed by atoms with van der Waals surface area (Å²) in [6.45, 7) is 0.